The second kappa shape index (κ2) is 7.53. The lowest BCUT2D eigenvalue weighted by Crippen LogP contribution is -2.44. The van der Waals surface area contributed by atoms with Crippen molar-refractivity contribution < 1.29 is 19.2 Å². The molecule has 1 aliphatic carbocycles. The molecule has 142 valence electrons. The van der Waals surface area contributed by atoms with E-state index in [0.717, 1.165) is 30.5 Å². The molecule has 0 unspecified atom stereocenters. The van der Waals surface area contributed by atoms with E-state index in [1.54, 1.807) is 30.3 Å². The van der Waals surface area contributed by atoms with E-state index in [2.05, 4.69) is 26.2 Å². The second-order valence-corrected chi connectivity index (χ2v) is 7.34. The van der Waals surface area contributed by atoms with Crippen LogP contribution in [0.4, 0.5) is 5.69 Å². The van der Waals surface area contributed by atoms with E-state index in [4.69, 9.17) is 0 Å². The number of benzene rings is 2. The molecule has 0 saturated carbocycles. The summed E-state index contributed by atoms with van der Waals surface area (Å²) in [5, 5.41) is 13.5. The summed E-state index contributed by atoms with van der Waals surface area (Å²) >= 11 is 0. The Hall–Kier alpha value is -2.66. The maximum Gasteiger partial charge on any atom is 0.198 e. The number of anilines is 1. The van der Waals surface area contributed by atoms with E-state index in [1.165, 1.54) is 6.07 Å². The summed E-state index contributed by atoms with van der Waals surface area (Å²) in [5.74, 6) is -0.673. The first-order valence-electron chi connectivity index (χ1n) is 9.53. The predicted octanol–water partition coefficient (Wildman–Crippen LogP) is 3.46. The van der Waals surface area contributed by atoms with Crippen molar-refractivity contribution in [2.45, 2.75) is 20.3 Å². The molecule has 0 saturated heterocycles. The maximum atomic E-state index is 13.0. The summed E-state index contributed by atoms with van der Waals surface area (Å²) in [6.45, 7) is 8.28. The van der Waals surface area contributed by atoms with Crippen LogP contribution in [0.1, 0.15) is 52.1 Å². The maximum absolute atomic E-state index is 13.0. The normalized spacial score (nSPS) is 13.3. The van der Waals surface area contributed by atoms with Gasteiger partial charge in [0.05, 0.1) is 37.8 Å². The van der Waals surface area contributed by atoms with Gasteiger partial charge in [-0.15, -0.1) is 0 Å². The molecule has 2 aromatic rings. The summed E-state index contributed by atoms with van der Waals surface area (Å²) < 4.78 is 1.00. The van der Waals surface area contributed by atoms with Crippen LogP contribution in [0.25, 0.3) is 0 Å². The largest absolute Gasteiger partial charge is 0.507 e. The van der Waals surface area contributed by atoms with Crippen molar-refractivity contribution in [3.05, 3.63) is 58.7 Å². The van der Waals surface area contributed by atoms with Crippen LogP contribution in [0.2, 0.25) is 0 Å². The number of phenols is 1. The minimum Gasteiger partial charge on any atom is -0.507 e. The molecule has 0 radical (unpaired) electrons. The van der Waals surface area contributed by atoms with Gasteiger partial charge in [0, 0.05) is 29.8 Å². The van der Waals surface area contributed by atoms with Crippen molar-refractivity contribution in [1.82, 2.24) is 0 Å². The van der Waals surface area contributed by atoms with Crippen molar-refractivity contribution >= 4 is 17.3 Å². The molecule has 2 aromatic carbocycles. The topological polar surface area (TPSA) is 66.4 Å². The molecule has 1 aliphatic rings. The molecule has 0 aliphatic heterocycles. The molecule has 0 heterocycles. The smallest absolute Gasteiger partial charge is 0.198 e. The highest BCUT2D eigenvalue weighted by atomic mass is 16.3. The Morgan fingerprint density at radius 3 is 2.11 bits per heavy atom. The number of hydrogen-bond donors (Lipinski definition) is 2. The summed E-state index contributed by atoms with van der Waals surface area (Å²) in [6.07, 6.45) is 0.951. The minimum atomic E-state index is -0.303. The van der Waals surface area contributed by atoms with Gasteiger partial charge in [-0.05, 0) is 26.0 Å². The fourth-order valence-electron chi connectivity index (χ4n) is 3.58. The molecule has 5 nitrogen and oxygen atoms in total. The molecule has 0 spiro atoms. The van der Waals surface area contributed by atoms with E-state index in [-0.39, 0.29) is 28.4 Å². The quantitative estimate of drug-likeness (QED) is 0.381. The summed E-state index contributed by atoms with van der Waals surface area (Å²) in [6, 6.07) is 9.94. The number of nitrogens with one attached hydrogen (secondary N) is 1. The molecule has 2 N–H and O–H groups in total. The first-order chi connectivity index (χ1) is 12.9. The second-order valence-electron chi connectivity index (χ2n) is 7.34. The fraction of sp³-hybridized carbons (Fsp3) is 0.364. The van der Waals surface area contributed by atoms with Crippen LogP contribution in [0.15, 0.2) is 36.4 Å². The number of fused-ring (bicyclic) bond motifs is 2. The van der Waals surface area contributed by atoms with Crippen LogP contribution in [0.5, 0.6) is 5.75 Å². The van der Waals surface area contributed by atoms with Crippen molar-refractivity contribution in [2.75, 3.05) is 38.5 Å². The number of hydrogen-bond acceptors (Lipinski definition) is 4. The van der Waals surface area contributed by atoms with Crippen LogP contribution in [0.3, 0.4) is 0 Å². The molecule has 27 heavy (non-hydrogen) atoms. The SMILES string of the molecule is CC[N+](C)(CC)CCCNc1ccc(O)c2c1C(=O)c1ccccc1C2=O. The summed E-state index contributed by atoms with van der Waals surface area (Å²) in [7, 11) is 2.24. The summed E-state index contributed by atoms with van der Waals surface area (Å²) in [5.41, 5.74) is 1.73. The number of phenolic OH excluding ortho intramolecular Hbond substituents is 1. The number of carbonyl (C=O) groups is 2. The van der Waals surface area contributed by atoms with E-state index < -0.39 is 0 Å². The average Bonchev–Trinajstić information content (AvgIpc) is 2.70. The third-order valence-corrected chi connectivity index (χ3v) is 5.77. The monoisotopic (exact) mass is 367 g/mol. The van der Waals surface area contributed by atoms with Gasteiger partial charge in [0.2, 0.25) is 0 Å². The van der Waals surface area contributed by atoms with E-state index >= 15 is 0 Å². The first kappa shape index (κ1) is 19.1. The molecular formula is C22H27N2O3+. The Bertz CT molecular complexity index is 885. The predicted molar refractivity (Wildman–Crippen MR) is 107 cm³/mol. The highest BCUT2D eigenvalue weighted by molar-refractivity contribution is 6.31. The Balaban J connectivity index is 1.85. The zero-order chi connectivity index (χ0) is 19.6. The standard InChI is InChI=1S/C22H26N2O3/c1-4-24(3,5-2)14-8-13-23-17-11-12-18(25)20-19(17)21(26)15-9-6-7-10-16(15)22(20)27/h6-7,9-12H,4-5,8,13-14H2,1-3H3,(H-,23,25,26,27)/p+1. The molecule has 0 atom stereocenters. The number of rotatable bonds is 7. The summed E-state index contributed by atoms with van der Waals surface area (Å²) in [4.78, 5) is 25.8. The average molecular weight is 367 g/mol. The minimum absolute atomic E-state index is 0.103. The molecule has 0 bridgehead atoms. The van der Waals surface area contributed by atoms with Crippen molar-refractivity contribution in [3.63, 3.8) is 0 Å². The van der Waals surface area contributed by atoms with Crippen LogP contribution in [-0.4, -0.2) is 54.4 Å². The highest BCUT2D eigenvalue weighted by Crippen LogP contribution is 2.36. The van der Waals surface area contributed by atoms with Gasteiger partial charge in [-0.1, -0.05) is 24.3 Å². The zero-order valence-corrected chi connectivity index (χ0v) is 16.2. The third kappa shape index (κ3) is 3.47. The van der Waals surface area contributed by atoms with Gasteiger partial charge in [-0.2, -0.15) is 0 Å². The zero-order valence-electron chi connectivity index (χ0n) is 16.2. The van der Waals surface area contributed by atoms with Gasteiger partial charge < -0.3 is 14.9 Å². The number of nitrogens with zero attached hydrogens (tertiary/aromatic N) is 1. The van der Waals surface area contributed by atoms with Crippen LogP contribution >= 0.6 is 0 Å². The Labute approximate surface area is 160 Å². The Kier molecular flexibility index (Phi) is 5.33. The molecule has 3 rings (SSSR count). The van der Waals surface area contributed by atoms with Crippen LogP contribution in [0, 0.1) is 0 Å². The molecule has 5 heteroatoms. The van der Waals surface area contributed by atoms with Crippen molar-refractivity contribution in [3.8, 4) is 5.75 Å². The Morgan fingerprint density at radius 2 is 1.52 bits per heavy atom. The van der Waals surface area contributed by atoms with E-state index in [1.807, 2.05) is 0 Å². The number of aromatic hydroxyl groups is 1. The molecular weight excluding hydrogens is 340 g/mol. The first-order valence-corrected chi connectivity index (χ1v) is 9.53. The van der Waals surface area contributed by atoms with Gasteiger partial charge in [0.1, 0.15) is 5.75 Å². The van der Waals surface area contributed by atoms with Crippen LogP contribution in [-0.2, 0) is 0 Å². The van der Waals surface area contributed by atoms with E-state index in [0.29, 0.717) is 23.4 Å². The van der Waals surface area contributed by atoms with Crippen molar-refractivity contribution in [1.29, 1.82) is 0 Å². The lowest BCUT2D eigenvalue weighted by atomic mass is 9.82. The third-order valence-electron chi connectivity index (χ3n) is 5.77. The fourth-order valence-corrected chi connectivity index (χ4v) is 3.58. The van der Waals surface area contributed by atoms with E-state index in [9.17, 15) is 14.7 Å². The number of quaternary nitrogens is 1. The van der Waals surface area contributed by atoms with Crippen molar-refractivity contribution in [2.24, 2.45) is 0 Å². The van der Waals surface area contributed by atoms with Gasteiger partial charge in [-0.3, -0.25) is 9.59 Å². The van der Waals surface area contributed by atoms with Gasteiger partial charge in [-0.25, -0.2) is 0 Å². The lowest BCUT2D eigenvalue weighted by molar-refractivity contribution is -0.906. The van der Waals surface area contributed by atoms with Crippen LogP contribution < -0.4 is 5.32 Å². The lowest BCUT2D eigenvalue weighted by Gasteiger charge is -2.32. The van der Waals surface area contributed by atoms with Gasteiger partial charge in [0.25, 0.3) is 0 Å². The molecule has 0 amide bonds. The highest BCUT2D eigenvalue weighted by Gasteiger charge is 2.33. The molecule has 0 aromatic heterocycles. The Morgan fingerprint density at radius 1 is 0.926 bits per heavy atom. The van der Waals surface area contributed by atoms with Gasteiger partial charge in [0.15, 0.2) is 11.6 Å². The number of carbonyl (C=O) groups excluding carboxylic acids is 2. The number of ketones is 2. The van der Waals surface area contributed by atoms with Gasteiger partial charge >= 0.3 is 0 Å². The molecule has 0 fully saturated rings.